The van der Waals surface area contributed by atoms with E-state index < -0.39 is 11.0 Å². The van der Waals surface area contributed by atoms with E-state index in [1.54, 1.807) is 17.0 Å². The molecule has 1 saturated heterocycles. The van der Waals surface area contributed by atoms with E-state index in [-0.39, 0.29) is 11.6 Å². The van der Waals surface area contributed by atoms with Gasteiger partial charge in [0.25, 0.3) is 11.6 Å². The lowest BCUT2D eigenvalue weighted by molar-refractivity contribution is -0.384. The summed E-state index contributed by atoms with van der Waals surface area (Å²) in [6, 6.07) is 16.3. The van der Waals surface area contributed by atoms with Crippen molar-refractivity contribution in [1.82, 2.24) is 4.90 Å². The van der Waals surface area contributed by atoms with Gasteiger partial charge in [0, 0.05) is 50.4 Å². The monoisotopic (exact) mass is 380 g/mol. The molecule has 144 valence electrons. The maximum atomic E-state index is 12.8. The molecule has 1 amide bonds. The molecule has 0 spiro atoms. The quantitative estimate of drug-likeness (QED) is 0.600. The molecule has 2 heterocycles. The average molecular weight is 380 g/mol. The van der Waals surface area contributed by atoms with Crippen molar-refractivity contribution in [3.63, 3.8) is 0 Å². The summed E-state index contributed by atoms with van der Waals surface area (Å²) >= 11 is 0. The number of non-ortho nitro benzene ring substituents is 1. The van der Waals surface area contributed by atoms with Crippen LogP contribution in [-0.4, -0.2) is 53.7 Å². The van der Waals surface area contributed by atoms with Crippen molar-refractivity contribution in [3.05, 3.63) is 70.3 Å². The third kappa shape index (κ3) is 3.66. The molecule has 0 aromatic heterocycles. The van der Waals surface area contributed by atoms with Crippen LogP contribution in [0.5, 0.6) is 0 Å². The number of nitro benzene ring substituents is 1. The van der Waals surface area contributed by atoms with Crippen LogP contribution in [0.3, 0.4) is 0 Å². The zero-order valence-electron chi connectivity index (χ0n) is 15.2. The average Bonchev–Trinajstić information content (AvgIpc) is 3.24. The van der Waals surface area contributed by atoms with Gasteiger partial charge in [0.05, 0.1) is 10.6 Å². The predicted octanol–water partition coefficient (Wildman–Crippen LogP) is 2.44. The van der Waals surface area contributed by atoms with Crippen LogP contribution in [0.2, 0.25) is 0 Å². The van der Waals surface area contributed by atoms with Crippen LogP contribution >= 0.6 is 0 Å². The van der Waals surface area contributed by atoms with Crippen LogP contribution in [0.15, 0.2) is 59.8 Å². The Labute approximate surface area is 162 Å². The molecule has 0 saturated carbocycles. The molecule has 2 aromatic carbocycles. The van der Waals surface area contributed by atoms with Crippen LogP contribution < -0.4 is 4.90 Å². The number of piperazine rings is 1. The van der Waals surface area contributed by atoms with Crippen molar-refractivity contribution in [2.45, 2.75) is 12.5 Å². The zero-order chi connectivity index (χ0) is 19.5. The molecule has 4 rings (SSSR count). The van der Waals surface area contributed by atoms with Gasteiger partial charge < -0.3 is 14.6 Å². The molecule has 0 unspecified atom stereocenters. The summed E-state index contributed by atoms with van der Waals surface area (Å²) in [5.41, 5.74) is 2.62. The molecule has 1 atom stereocenters. The Morgan fingerprint density at radius 2 is 1.82 bits per heavy atom. The number of carbonyl (C=O) groups excluding carboxylic acids is 1. The lowest BCUT2D eigenvalue weighted by Crippen LogP contribution is -2.51. The lowest BCUT2D eigenvalue weighted by atomic mass is 10.0. The molecule has 2 aliphatic rings. The Hall–Kier alpha value is -3.42. The van der Waals surface area contributed by atoms with E-state index in [0.29, 0.717) is 32.6 Å². The summed E-state index contributed by atoms with van der Waals surface area (Å²) in [7, 11) is 0. The number of nitrogens with zero attached hydrogens (tertiary/aromatic N) is 4. The molecule has 2 aliphatic heterocycles. The fourth-order valence-corrected chi connectivity index (χ4v) is 3.50. The number of hydrogen-bond acceptors (Lipinski definition) is 6. The Balaban J connectivity index is 1.34. The first kappa shape index (κ1) is 18.0. The number of nitro groups is 1. The zero-order valence-corrected chi connectivity index (χ0v) is 15.2. The Morgan fingerprint density at radius 1 is 1.07 bits per heavy atom. The molecule has 28 heavy (non-hydrogen) atoms. The van der Waals surface area contributed by atoms with E-state index in [4.69, 9.17) is 4.84 Å². The first-order valence-electron chi connectivity index (χ1n) is 9.18. The van der Waals surface area contributed by atoms with Crippen LogP contribution in [0, 0.1) is 10.1 Å². The fourth-order valence-electron chi connectivity index (χ4n) is 3.50. The van der Waals surface area contributed by atoms with Gasteiger partial charge in [-0.25, -0.2) is 0 Å². The van der Waals surface area contributed by atoms with E-state index >= 15 is 0 Å². The van der Waals surface area contributed by atoms with E-state index in [1.807, 2.05) is 36.4 Å². The second-order valence-electron chi connectivity index (χ2n) is 6.79. The third-order valence-corrected chi connectivity index (χ3v) is 5.05. The number of benzene rings is 2. The number of hydrogen-bond donors (Lipinski definition) is 0. The van der Waals surface area contributed by atoms with E-state index in [9.17, 15) is 14.9 Å². The number of rotatable bonds is 4. The minimum atomic E-state index is -0.584. The fraction of sp³-hybridized carbons (Fsp3) is 0.300. The van der Waals surface area contributed by atoms with Gasteiger partial charge >= 0.3 is 0 Å². The van der Waals surface area contributed by atoms with Crippen LogP contribution in [0.25, 0.3) is 0 Å². The van der Waals surface area contributed by atoms with Crippen LogP contribution in [0.4, 0.5) is 11.4 Å². The summed E-state index contributed by atoms with van der Waals surface area (Å²) in [4.78, 5) is 32.6. The van der Waals surface area contributed by atoms with Gasteiger partial charge in [0.15, 0.2) is 0 Å². The maximum absolute atomic E-state index is 12.8. The first-order chi connectivity index (χ1) is 13.6. The Bertz CT molecular complexity index is 907. The highest BCUT2D eigenvalue weighted by Crippen LogP contribution is 2.23. The third-order valence-electron chi connectivity index (χ3n) is 5.05. The molecule has 0 N–H and O–H groups in total. The second-order valence-corrected chi connectivity index (χ2v) is 6.79. The highest BCUT2D eigenvalue weighted by Gasteiger charge is 2.33. The van der Waals surface area contributed by atoms with Gasteiger partial charge in [-0.3, -0.25) is 14.9 Å². The molecule has 0 aliphatic carbocycles. The summed E-state index contributed by atoms with van der Waals surface area (Å²) < 4.78 is 0. The Morgan fingerprint density at radius 3 is 2.54 bits per heavy atom. The molecule has 8 nitrogen and oxygen atoms in total. The van der Waals surface area contributed by atoms with Gasteiger partial charge in [-0.05, 0) is 11.6 Å². The van der Waals surface area contributed by atoms with Crippen molar-refractivity contribution in [2.24, 2.45) is 5.16 Å². The number of oxime groups is 1. The summed E-state index contributed by atoms with van der Waals surface area (Å²) in [6.07, 6.45) is -0.118. The SMILES string of the molecule is O=C([C@@H]1CC(c2ccccc2)=NO1)N1CCN(c2cccc([N+](=O)[O-])c2)CC1. The highest BCUT2D eigenvalue weighted by molar-refractivity contribution is 6.04. The van der Waals surface area contributed by atoms with Gasteiger partial charge in [0.2, 0.25) is 6.10 Å². The molecule has 0 bridgehead atoms. The molecule has 0 radical (unpaired) electrons. The summed E-state index contributed by atoms with van der Waals surface area (Å²) in [5.74, 6) is -0.0617. The van der Waals surface area contributed by atoms with E-state index in [2.05, 4.69) is 10.1 Å². The summed E-state index contributed by atoms with van der Waals surface area (Å²) in [5, 5.41) is 15.0. The molecule has 2 aromatic rings. The standard InChI is InChI=1S/C20H20N4O4/c25-20(19-14-18(21-28-19)15-5-2-1-3-6-15)23-11-9-22(10-12-23)16-7-4-8-17(13-16)24(26)27/h1-8,13,19H,9-12,14H2/t19-/m0/s1. The van der Waals surface area contributed by atoms with Gasteiger partial charge in [-0.15, -0.1) is 0 Å². The molecular weight excluding hydrogens is 360 g/mol. The number of amides is 1. The normalized spacial score (nSPS) is 19.1. The van der Waals surface area contributed by atoms with Crippen molar-refractivity contribution in [3.8, 4) is 0 Å². The predicted molar refractivity (Wildman–Crippen MR) is 104 cm³/mol. The maximum Gasteiger partial charge on any atom is 0.271 e. The van der Waals surface area contributed by atoms with Gasteiger partial charge in [0.1, 0.15) is 0 Å². The highest BCUT2D eigenvalue weighted by atomic mass is 16.6. The summed E-state index contributed by atoms with van der Waals surface area (Å²) in [6.45, 7) is 2.32. The topological polar surface area (TPSA) is 88.3 Å². The van der Waals surface area contributed by atoms with Crippen molar-refractivity contribution < 1.29 is 14.6 Å². The van der Waals surface area contributed by atoms with Crippen molar-refractivity contribution >= 4 is 23.0 Å². The number of anilines is 1. The van der Waals surface area contributed by atoms with Gasteiger partial charge in [-0.1, -0.05) is 41.6 Å². The van der Waals surface area contributed by atoms with E-state index in [1.165, 1.54) is 6.07 Å². The first-order valence-corrected chi connectivity index (χ1v) is 9.18. The Kier molecular flexibility index (Phi) is 4.92. The lowest BCUT2D eigenvalue weighted by Gasteiger charge is -2.36. The minimum absolute atomic E-state index is 0.0617. The van der Waals surface area contributed by atoms with Gasteiger partial charge in [-0.2, -0.15) is 0 Å². The largest absolute Gasteiger partial charge is 0.382 e. The number of carbonyl (C=O) groups is 1. The second kappa shape index (κ2) is 7.67. The van der Waals surface area contributed by atoms with Crippen molar-refractivity contribution in [1.29, 1.82) is 0 Å². The molecule has 1 fully saturated rings. The van der Waals surface area contributed by atoms with Crippen LogP contribution in [0.1, 0.15) is 12.0 Å². The smallest absolute Gasteiger partial charge is 0.271 e. The molecular formula is C20H20N4O4. The minimum Gasteiger partial charge on any atom is -0.382 e. The van der Waals surface area contributed by atoms with Crippen molar-refractivity contribution in [2.75, 3.05) is 31.1 Å². The van der Waals surface area contributed by atoms with Crippen LogP contribution in [-0.2, 0) is 9.63 Å². The molecule has 8 heteroatoms. The van der Waals surface area contributed by atoms with E-state index in [0.717, 1.165) is 17.0 Å².